The number of benzene rings is 1. The molecule has 2 N–H and O–H groups in total. The summed E-state index contributed by atoms with van der Waals surface area (Å²) in [4.78, 5) is 13.9. The zero-order valence-corrected chi connectivity index (χ0v) is 22.1. The van der Waals surface area contributed by atoms with E-state index < -0.39 is 0 Å². The number of carbonyl (C=O) groups excluding carboxylic acids is 1. The highest BCUT2D eigenvalue weighted by Crippen LogP contribution is 2.40. The van der Waals surface area contributed by atoms with Crippen LogP contribution in [0.4, 0.5) is 5.00 Å². The Labute approximate surface area is 209 Å². The van der Waals surface area contributed by atoms with Crippen LogP contribution in [0.3, 0.4) is 0 Å². The molecule has 1 aromatic heterocycles. The van der Waals surface area contributed by atoms with Gasteiger partial charge in [-0.2, -0.15) is 0 Å². The highest BCUT2D eigenvalue weighted by atomic mass is 32.1. The molecule has 0 aliphatic heterocycles. The first-order chi connectivity index (χ1) is 16.1. The van der Waals surface area contributed by atoms with E-state index in [9.17, 15) is 4.79 Å². The summed E-state index contributed by atoms with van der Waals surface area (Å²) in [7, 11) is 0. The fourth-order valence-corrected chi connectivity index (χ4v) is 5.28. The maximum absolute atomic E-state index is 12.8. The second kappa shape index (κ2) is 15.8. The van der Waals surface area contributed by atoms with E-state index in [-0.39, 0.29) is 5.97 Å². The first-order valence-electron chi connectivity index (χ1n) is 12.5. The summed E-state index contributed by atoms with van der Waals surface area (Å²) >= 11 is 7.06. The lowest BCUT2D eigenvalue weighted by Crippen LogP contribution is -2.29. The summed E-state index contributed by atoms with van der Waals surface area (Å²) in [6, 6.07) is 9.97. The van der Waals surface area contributed by atoms with Gasteiger partial charge in [0.2, 0.25) is 0 Å². The van der Waals surface area contributed by atoms with Gasteiger partial charge in [-0.05, 0) is 38.0 Å². The van der Waals surface area contributed by atoms with Crippen LogP contribution in [-0.2, 0) is 4.74 Å². The first kappa shape index (κ1) is 27.3. The van der Waals surface area contributed by atoms with Crippen molar-refractivity contribution in [1.82, 2.24) is 5.32 Å². The largest absolute Gasteiger partial charge is 0.462 e. The number of thiophene rings is 1. The quantitative estimate of drug-likeness (QED) is 0.151. The molecule has 0 atom stereocenters. The molecule has 33 heavy (non-hydrogen) atoms. The normalized spacial score (nSPS) is 10.8. The van der Waals surface area contributed by atoms with E-state index in [1.807, 2.05) is 44.2 Å². The van der Waals surface area contributed by atoms with Gasteiger partial charge in [-0.15, -0.1) is 11.3 Å². The Kier molecular flexibility index (Phi) is 13.1. The summed E-state index contributed by atoms with van der Waals surface area (Å²) in [6.07, 6.45) is 13.1. The molecule has 0 aliphatic rings. The SMILES string of the molecule is CCCCCCCCCCCCNC(=S)Nc1sc(C)c(-c2ccccc2)c1C(=O)OCC. The molecule has 0 bridgehead atoms. The summed E-state index contributed by atoms with van der Waals surface area (Å²) in [6.45, 7) is 7.29. The fourth-order valence-electron chi connectivity index (χ4n) is 3.94. The maximum Gasteiger partial charge on any atom is 0.341 e. The van der Waals surface area contributed by atoms with E-state index >= 15 is 0 Å². The fraction of sp³-hybridized carbons (Fsp3) is 0.556. The van der Waals surface area contributed by atoms with Crippen molar-refractivity contribution in [2.45, 2.75) is 85.0 Å². The van der Waals surface area contributed by atoms with E-state index in [1.54, 1.807) is 0 Å². The summed E-state index contributed by atoms with van der Waals surface area (Å²) < 4.78 is 5.36. The number of carbonyl (C=O) groups is 1. The highest BCUT2D eigenvalue weighted by Gasteiger charge is 2.24. The van der Waals surface area contributed by atoms with Crippen LogP contribution in [0.25, 0.3) is 11.1 Å². The number of thiocarbonyl (C=S) groups is 1. The standard InChI is InChI=1S/C27H40N2O2S2/c1-4-6-7-8-9-10-11-12-13-17-20-28-27(32)29-25-24(26(30)31-5-2)23(21(3)33-25)22-18-15-14-16-19-22/h14-16,18-19H,4-13,17,20H2,1-3H3,(H2,28,29,32). The maximum atomic E-state index is 12.8. The van der Waals surface area contributed by atoms with E-state index in [4.69, 9.17) is 17.0 Å². The average molecular weight is 489 g/mol. The van der Waals surface area contributed by atoms with Crippen LogP contribution in [0.2, 0.25) is 0 Å². The van der Waals surface area contributed by atoms with Gasteiger partial charge in [0.25, 0.3) is 0 Å². The number of nitrogens with one attached hydrogen (secondary N) is 2. The second-order valence-corrected chi connectivity index (χ2v) is 10.0. The lowest BCUT2D eigenvalue weighted by atomic mass is 10.0. The van der Waals surface area contributed by atoms with Crippen molar-refractivity contribution < 1.29 is 9.53 Å². The molecule has 0 amide bonds. The number of unbranched alkanes of at least 4 members (excludes halogenated alkanes) is 9. The molecule has 0 unspecified atom stereocenters. The first-order valence-corrected chi connectivity index (χ1v) is 13.7. The number of anilines is 1. The van der Waals surface area contributed by atoms with Crippen molar-refractivity contribution in [2.24, 2.45) is 0 Å². The Morgan fingerprint density at radius 2 is 1.55 bits per heavy atom. The number of rotatable bonds is 15. The molecule has 182 valence electrons. The van der Waals surface area contributed by atoms with Gasteiger partial charge in [0.1, 0.15) is 10.6 Å². The van der Waals surface area contributed by atoms with Crippen LogP contribution in [0, 0.1) is 6.92 Å². The molecule has 1 heterocycles. The van der Waals surface area contributed by atoms with Crippen molar-refractivity contribution in [3.8, 4) is 11.1 Å². The highest BCUT2D eigenvalue weighted by molar-refractivity contribution is 7.80. The molecule has 1 aromatic carbocycles. The van der Waals surface area contributed by atoms with E-state index in [0.29, 0.717) is 17.3 Å². The molecule has 0 radical (unpaired) electrons. The van der Waals surface area contributed by atoms with Crippen molar-refractivity contribution in [1.29, 1.82) is 0 Å². The Bertz CT molecular complexity index is 849. The number of aryl methyl sites for hydroxylation is 1. The minimum Gasteiger partial charge on any atom is -0.462 e. The third-order valence-electron chi connectivity index (χ3n) is 5.67. The number of ether oxygens (including phenoxy) is 1. The molecule has 0 spiro atoms. The van der Waals surface area contributed by atoms with Crippen molar-refractivity contribution in [3.63, 3.8) is 0 Å². The number of hydrogen-bond acceptors (Lipinski definition) is 4. The smallest absolute Gasteiger partial charge is 0.341 e. The minimum absolute atomic E-state index is 0.319. The monoisotopic (exact) mass is 488 g/mol. The van der Waals surface area contributed by atoms with Crippen LogP contribution in [0.5, 0.6) is 0 Å². The minimum atomic E-state index is -0.319. The van der Waals surface area contributed by atoms with Crippen LogP contribution in [0.15, 0.2) is 30.3 Å². The molecular formula is C27H40N2O2S2. The van der Waals surface area contributed by atoms with Gasteiger partial charge in [0, 0.05) is 17.0 Å². The van der Waals surface area contributed by atoms with Crippen molar-refractivity contribution in [2.75, 3.05) is 18.5 Å². The van der Waals surface area contributed by atoms with Gasteiger partial charge in [-0.3, -0.25) is 0 Å². The molecule has 2 rings (SSSR count). The van der Waals surface area contributed by atoms with Crippen molar-refractivity contribution >= 4 is 39.6 Å². The van der Waals surface area contributed by atoms with Gasteiger partial charge < -0.3 is 15.4 Å². The second-order valence-electron chi connectivity index (χ2n) is 8.39. The predicted octanol–water partition coefficient (Wildman–Crippen LogP) is 8.11. The topological polar surface area (TPSA) is 50.4 Å². The van der Waals surface area contributed by atoms with E-state index in [1.165, 1.54) is 69.1 Å². The third kappa shape index (κ3) is 9.46. The molecule has 0 saturated heterocycles. The van der Waals surface area contributed by atoms with Gasteiger partial charge in [0.05, 0.1) is 6.61 Å². The van der Waals surface area contributed by atoms with Crippen LogP contribution < -0.4 is 10.6 Å². The summed E-state index contributed by atoms with van der Waals surface area (Å²) in [5.74, 6) is -0.319. The van der Waals surface area contributed by atoms with Crippen LogP contribution in [-0.4, -0.2) is 24.2 Å². The van der Waals surface area contributed by atoms with Gasteiger partial charge in [-0.25, -0.2) is 4.79 Å². The molecule has 0 aliphatic carbocycles. The number of hydrogen-bond donors (Lipinski definition) is 2. The van der Waals surface area contributed by atoms with E-state index in [0.717, 1.165) is 34.0 Å². The van der Waals surface area contributed by atoms with Crippen LogP contribution >= 0.6 is 23.6 Å². The molecular weight excluding hydrogens is 448 g/mol. The Morgan fingerprint density at radius 3 is 2.15 bits per heavy atom. The van der Waals surface area contributed by atoms with Gasteiger partial charge in [0.15, 0.2) is 5.11 Å². The zero-order chi connectivity index (χ0) is 23.9. The van der Waals surface area contributed by atoms with Gasteiger partial charge >= 0.3 is 5.97 Å². The molecule has 4 nitrogen and oxygen atoms in total. The van der Waals surface area contributed by atoms with E-state index in [2.05, 4.69) is 17.6 Å². The van der Waals surface area contributed by atoms with Gasteiger partial charge in [-0.1, -0.05) is 95.0 Å². The van der Waals surface area contributed by atoms with Crippen LogP contribution in [0.1, 0.15) is 93.3 Å². The average Bonchev–Trinajstić information content (AvgIpc) is 3.13. The van der Waals surface area contributed by atoms with Crippen molar-refractivity contribution in [3.05, 3.63) is 40.8 Å². The molecule has 0 fully saturated rings. The third-order valence-corrected chi connectivity index (χ3v) is 6.94. The lowest BCUT2D eigenvalue weighted by Gasteiger charge is -2.12. The molecule has 2 aromatic rings. The number of esters is 1. The summed E-state index contributed by atoms with van der Waals surface area (Å²) in [5, 5.41) is 7.85. The zero-order valence-electron chi connectivity index (χ0n) is 20.5. The lowest BCUT2D eigenvalue weighted by molar-refractivity contribution is 0.0529. The molecule has 0 saturated carbocycles. The predicted molar refractivity (Wildman–Crippen MR) is 147 cm³/mol. The Balaban J connectivity index is 1.82. The summed E-state index contributed by atoms with van der Waals surface area (Å²) in [5.41, 5.74) is 2.49. The Morgan fingerprint density at radius 1 is 0.939 bits per heavy atom. The molecule has 6 heteroatoms. The Hall–Kier alpha value is -1.92.